The second kappa shape index (κ2) is 3.62. The molecule has 0 amide bonds. The van der Waals surface area contributed by atoms with Crippen molar-refractivity contribution in [2.24, 2.45) is 0 Å². The highest BCUT2D eigenvalue weighted by molar-refractivity contribution is 7.85. The van der Waals surface area contributed by atoms with Crippen molar-refractivity contribution < 1.29 is 0 Å². The van der Waals surface area contributed by atoms with Crippen molar-refractivity contribution in [3.05, 3.63) is 0 Å². The summed E-state index contributed by atoms with van der Waals surface area (Å²) in [5.41, 5.74) is 1.91. The number of rotatable bonds is 2. The topological polar surface area (TPSA) is 0 Å². The van der Waals surface area contributed by atoms with Gasteiger partial charge in [-0.2, -0.15) is 0 Å². The van der Waals surface area contributed by atoms with Crippen molar-refractivity contribution in [2.75, 3.05) is 0 Å². The number of hydrogen-bond donors (Lipinski definition) is 0. The first-order valence-electron chi connectivity index (χ1n) is 4.82. The Bertz CT molecular complexity index is 128. The van der Waals surface area contributed by atoms with Crippen LogP contribution in [0.5, 0.6) is 0 Å². The summed E-state index contributed by atoms with van der Waals surface area (Å²) >= 11 is 6.42. The van der Waals surface area contributed by atoms with Gasteiger partial charge < -0.3 is 0 Å². The van der Waals surface area contributed by atoms with E-state index in [2.05, 4.69) is 0 Å². The minimum absolute atomic E-state index is 0.0744. The summed E-state index contributed by atoms with van der Waals surface area (Å²) in [7, 11) is -0.0744. The second-order valence-electron chi connectivity index (χ2n) is 3.87. The predicted molar refractivity (Wildman–Crippen MR) is 52.7 cm³/mol. The van der Waals surface area contributed by atoms with Gasteiger partial charge >= 0.3 is 0 Å². The van der Waals surface area contributed by atoms with Crippen LogP contribution in [0.4, 0.5) is 0 Å². The van der Waals surface area contributed by atoms with E-state index in [1.807, 2.05) is 0 Å². The van der Waals surface area contributed by atoms with Crippen molar-refractivity contribution >= 4 is 18.5 Å². The van der Waals surface area contributed by atoms with Crippen LogP contribution in [0.2, 0.25) is 0 Å². The SMILES string of the molecule is ClP(C1CCCCC1)C1CC1. The average Bonchev–Trinajstić information content (AvgIpc) is 2.87. The lowest BCUT2D eigenvalue weighted by atomic mass is 10.0. The van der Waals surface area contributed by atoms with E-state index in [-0.39, 0.29) is 7.27 Å². The van der Waals surface area contributed by atoms with E-state index in [0.717, 1.165) is 11.3 Å². The summed E-state index contributed by atoms with van der Waals surface area (Å²) in [5, 5.41) is 0. The highest BCUT2D eigenvalue weighted by atomic mass is 35.7. The van der Waals surface area contributed by atoms with Gasteiger partial charge in [0.15, 0.2) is 0 Å². The van der Waals surface area contributed by atoms with Crippen LogP contribution in [0, 0.1) is 0 Å². The Morgan fingerprint density at radius 3 is 1.91 bits per heavy atom. The summed E-state index contributed by atoms with van der Waals surface area (Å²) in [6, 6.07) is 0. The molecule has 0 aromatic rings. The molecule has 0 aliphatic heterocycles. The molecule has 0 aromatic heterocycles. The maximum Gasteiger partial charge on any atom is -0.00339 e. The van der Waals surface area contributed by atoms with Crippen molar-refractivity contribution in [2.45, 2.75) is 56.3 Å². The van der Waals surface area contributed by atoms with Gasteiger partial charge in [0.1, 0.15) is 0 Å². The third-order valence-corrected chi connectivity index (χ3v) is 6.90. The van der Waals surface area contributed by atoms with Crippen molar-refractivity contribution in [1.82, 2.24) is 0 Å². The maximum absolute atomic E-state index is 6.42. The standard InChI is InChI=1S/C9H16ClP/c10-11(9-6-7-9)8-4-2-1-3-5-8/h8-9H,1-7H2. The highest BCUT2D eigenvalue weighted by Gasteiger charge is 2.35. The highest BCUT2D eigenvalue weighted by Crippen LogP contribution is 2.63. The molecule has 2 aliphatic rings. The Morgan fingerprint density at radius 1 is 0.818 bits per heavy atom. The summed E-state index contributed by atoms with van der Waals surface area (Å²) < 4.78 is 0. The molecule has 2 rings (SSSR count). The van der Waals surface area contributed by atoms with Gasteiger partial charge in [-0.15, -0.1) is 0 Å². The maximum atomic E-state index is 6.42. The van der Waals surface area contributed by atoms with Crippen LogP contribution in [0.3, 0.4) is 0 Å². The minimum Gasteiger partial charge on any atom is -0.0958 e. The van der Waals surface area contributed by atoms with Crippen molar-refractivity contribution in [3.63, 3.8) is 0 Å². The molecule has 1 unspecified atom stereocenters. The fourth-order valence-corrected chi connectivity index (χ4v) is 5.22. The zero-order valence-corrected chi connectivity index (χ0v) is 8.58. The fourth-order valence-electron chi connectivity index (χ4n) is 1.95. The molecular formula is C9H16ClP. The zero-order valence-electron chi connectivity index (χ0n) is 6.93. The minimum atomic E-state index is -0.0744. The van der Waals surface area contributed by atoms with Gasteiger partial charge in [-0.05, 0) is 44.3 Å². The van der Waals surface area contributed by atoms with Gasteiger partial charge in [-0.3, -0.25) is 0 Å². The third-order valence-electron chi connectivity index (χ3n) is 2.82. The molecule has 0 nitrogen and oxygen atoms in total. The van der Waals surface area contributed by atoms with Gasteiger partial charge in [-0.25, -0.2) is 0 Å². The average molecular weight is 191 g/mol. The molecule has 2 saturated carbocycles. The first-order valence-corrected chi connectivity index (χ1v) is 7.20. The second-order valence-corrected chi connectivity index (χ2v) is 7.19. The van der Waals surface area contributed by atoms with E-state index in [1.165, 1.54) is 44.9 Å². The van der Waals surface area contributed by atoms with E-state index in [4.69, 9.17) is 11.2 Å². The largest absolute Gasteiger partial charge is 0.0958 e. The van der Waals surface area contributed by atoms with Gasteiger partial charge in [0, 0.05) is 0 Å². The molecule has 0 bridgehead atoms. The van der Waals surface area contributed by atoms with Gasteiger partial charge in [-0.1, -0.05) is 30.5 Å². The molecule has 2 fully saturated rings. The molecule has 0 heterocycles. The molecule has 0 aromatic carbocycles. The molecule has 2 aliphatic carbocycles. The normalized spacial score (nSPS) is 30.3. The lowest BCUT2D eigenvalue weighted by molar-refractivity contribution is 0.512. The van der Waals surface area contributed by atoms with Crippen LogP contribution < -0.4 is 0 Å². The fraction of sp³-hybridized carbons (Fsp3) is 1.00. The predicted octanol–water partition coefficient (Wildman–Crippen LogP) is 4.12. The molecule has 0 N–H and O–H groups in total. The number of hydrogen-bond acceptors (Lipinski definition) is 0. The van der Waals surface area contributed by atoms with Crippen LogP contribution in [0.25, 0.3) is 0 Å². The van der Waals surface area contributed by atoms with Crippen LogP contribution in [0.1, 0.15) is 44.9 Å². The molecule has 64 valence electrons. The molecule has 0 saturated heterocycles. The summed E-state index contributed by atoms with van der Waals surface area (Å²) in [6.07, 6.45) is 10.1. The van der Waals surface area contributed by atoms with Crippen LogP contribution in [-0.2, 0) is 0 Å². The lowest BCUT2D eigenvalue weighted by Gasteiger charge is -2.25. The van der Waals surface area contributed by atoms with E-state index < -0.39 is 0 Å². The van der Waals surface area contributed by atoms with Gasteiger partial charge in [0.2, 0.25) is 0 Å². The number of halogens is 1. The van der Waals surface area contributed by atoms with E-state index in [9.17, 15) is 0 Å². The van der Waals surface area contributed by atoms with Crippen LogP contribution >= 0.6 is 18.5 Å². The molecule has 0 radical (unpaired) electrons. The van der Waals surface area contributed by atoms with Crippen LogP contribution in [0.15, 0.2) is 0 Å². The Labute approximate surface area is 75.2 Å². The third kappa shape index (κ3) is 2.10. The van der Waals surface area contributed by atoms with Crippen molar-refractivity contribution in [3.8, 4) is 0 Å². The molecular weight excluding hydrogens is 175 g/mol. The molecule has 1 atom stereocenters. The summed E-state index contributed by atoms with van der Waals surface area (Å²) in [5.74, 6) is 0. The van der Waals surface area contributed by atoms with E-state index in [1.54, 1.807) is 0 Å². The Morgan fingerprint density at radius 2 is 1.36 bits per heavy atom. The molecule has 0 spiro atoms. The first-order chi connectivity index (χ1) is 5.38. The van der Waals surface area contributed by atoms with Crippen LogP contribution in [-0.4, -0.2) is 11.3 Å². The Kier molecular flexibility index (Phi) is 2.74. The lowest BCUT2D eigenvalue weighted by Crippen LogP contribution is -2.09. The van der Waals surface area contributed by atoms with Gasteiger partial charge in [0.05, 0.1) is 0 Å². The zero-order chi connectivity index (χ0) is 7.68. The smallest absolute Gasteiger partial charge is 0.00339 e. The summed E-state index contributed by atoms with van der Waals surface area (Å²) in [6.45, 7) is 0. The monoisotopic (exact) mass is 190 g/mol. The van der Waals surface area contributed by atoms with E-state index in [0.29, 0.717) is 0 Å². The summed E-state index contributed by atoms with van der Waals surface area (Å²) in [4.78, 5) is 0. The molecule has 2 heteroatoms. The van der Waals surface area contributed by atoms with Crippen molar-refractivity contribution in [1.29, 1.82) is 0 Å². The van der Waals surface area contributed by atoms with E-state index >= 15 is 0 Å². The van der Waals surface area contributed by atoms with Gasteiger partial charge in [0.25, 0.3) is 0 Å². The first kappa shape index (κ1) is 8.32. The molecule has 11 heavy (non-hydrogen) atoms. The quantitative estimate of drug-likeness (QED) is 0.575. The Balaban J connectivity index is 1.81. The Hall–Kier alpha value is 0.720.